The van der Waals surface area contributed by atoms with E-state index >= 15 is 0 Å². The molecule has 0 spiro atoms. The zero-order chi connectivity index (χ0) is 20.5. The zero-order valence-electron chi connectivity index (χ0n) is 15.9. The first-order valence-corrected chi connectivity index (χ1v) is 9.27. The van der Waals surface area contributed by atoms with E-state index in [4.69, 9.17) is 9.26 Å². The maximum Gasteiger partial charge on any atom is 0.232 e. The van der Waals surface area contributed by atoms with Gasteiger partial charge in [0.2, 0.25) is 17.6 Å². The van der Waals surface area contributed by atoms with Gasteiger partial charge in [-0.05, 0) is 50.2 Å². The van der Waals surface area contributed by atoms with Gasteiger partial charge in [0.05, 0.1) is 12.0 Å². The Morgan fingerprint density at radius 1 is 1.14 bits per heavy atom. The number of halogens is 2. The van der Waals surface area contributed by atoms with Crippen molar-refractivity contribution in [3.63, 3.8) is 0 Å². The molecule has 0 bridgehead atoms. The van der Waals surface area contributed by atoms with Gasteiger partial charge in [-0.3, -0.25) is 4.79 Å². The van der Waals surface area contributed by atoms with Crippen LogP contribution in [-0.2, 0) is 4.79 Å². The van der Waals surface area contributed by atoms with Crippen LogP contribution in [0.3, 0.4) is 0 Å². The molecule has 2 heterocycles. The highest BCUT2D eigenvalue weighted by Gasteiger charge is 2.35. The van der Waals surface area contributed by atoms with E-state index in [0.29, 0.717) is 17.4 Å². The fourth-order valence-corrected chi connectivity index (χ4v) is 3.25. The van der Waals surface area contributed by atoms with Gasteiger partial charge in [0.1, 0.15) is 5.75 Å². The Hall–Kier alpha value is -3.29. The normalized spacial score (nSPS) is 16.7. The molecular formula is C21H19F2N3O3. The number of hydrogen-bond donors (Lipinski definition) is 0. The summed E-state index contributed by atoms with van der Waals surface area (Å²) in [7, 11) is 0. The molecule has 29 heavy (non-hydrogen) atoms. The lowest BCUT2D eigenvalue weighted by Crippen LogP contribution is -2.24. The van der Waals surface area contributed by atoms with Crippen LogP contribution >= 0.6 is 0 Å². The van der Waals surface area contributed by atoms with E-state index in [0.717, 1.165) is 23.4 Å². The summed E-state index contributed by atoms with van der Waals surface area (Å²) in [4.78, 5) is 18.2. The third-order valence-corrected chi connectivity index (χ3v) is 4.62. The molecule has 1 aromatic heterocycles. The van der Waals surface area contributed by atoms with Gasteiger partial charge in [-0.2, -0.15) is 4.98 Å². The fourth-order valence-electron chi connectivity index (χ4n) is 3.25. The van der Waals surface area contributed by atoms with E-state index in [-0.39, 0.29) is 30.9 Å². The number of ether oxygens (including phenoxy) is 1. The Labute approximate surface area is 166 Å². The molecule has 0 saturated carbocycles. The zero-order valence-corrected chi connectivity index (χ0v) is 15.9. The molecule has 1 saturated heterocycles. The van der Waals surface area contributed by atoms with Crippen molar-refractivity contribution in [1.82, 2.24) is 10.1 Å². The second-order valence-corrected chi connectivity index (χ2v) is 7.15. The van der Waals surface area contributed by atoms with E-state index in [1.807, 2.05) is 38.1 Å². The fraction of sp³-hybridized carbons (Fsp3) is 0.286. The second-order valence-electron chi connectivity index (χ2n) is 7.15. The number of carbonyl (C=O) groups is 1. The maximum atomic E-state index is 13.5. The molecule has 3 aromatic rings. The molecule has 1 fully saturated rings. The van der Waals surface area contributed by atoms with Gasteiger partial charge >= 0.3 is 0 Å². The van der Waals surface area contributed by atoms with Crippen molar-refractivity contribution in [2.75, 3.05) is 11.4 Å². The standard InChI is InChI=1S/C21H19F2N3O3/c1-12(2)28-16-6-3-13(4-7-16)20-24-21(29-25-20)14-9-19(27)26(11-14)15-5-8-17(22)18(23)10-15/h3-8,10,12,14H,9,11H2,1-2H3. The van der Waals surface area contributed by atoms with Crippen molar-refractivity contribution in [1.29, 1.82) is 0 Å². The molecule has 1 atom stereocenters. The van der Waals surface area contributed by atoms with Gasteiger partial charge < -0.3 is 14.2 Å². The van der Waals surface area contributed by atoms with Crippen LogP contribution in [0.5, 0.6) is 5.75 Å². The summed E-state index contributed by atoms with van der Waals surface area (Å²) in [5, 5.41) is 4.00. The Kier molecular flexibility index (Phi) is 5.00. The first-order valence-electron chi connectivity index (χ1n) is 9.27. The lowest BCUT2D eigenvalue weighted by atomic mass is 10.1. The van der Waals surface area contributed by atoms with Crippen LogP contribution in [0, 0.1) is 11.6 Å². The Morgan fingerprint density at radius 3 is 2.59 bits per heavy atom. The van der Waals surface area contributed by atoms with Crippen LogP contribution in [0.2, 0.25) is 0 Å². The van der Waals surface area contributed by atoms with E-state index in [1.165, 1.54) is 11.0 Å². The van der Waals surface area contributed by atoms with Crippen LogP contribution in [0.1, 0.15) is 32.1 Å². The SMILES string of the molecule is CC(C)Oc1ccc(-c2noc(C3CC(=O)N(c4ccc(F)c(F)c4)C3)n2)cc1. The first-order chi connectivity index (χ1) is 13.9. The maximum absolute atomic E-state index is 13.5. The molecular weight excluding hydrogens is 380 g/mol. The number of benzene rings is 2. The molecule has 6 nitrogen and oxygen atoms in total. The smallest absolute Gasteiger partial charge is 0.232 e. The number of amides is 1. The van der Waals surface area contributed by atoms with E-state index < -0.39 is 11.6 Å². The van der Waals surface area contributed by atoms with Gasteiger partial charge in [-0.1, -0.05) is 5.16 Å². The quantitative estimate of drug-likeness (QED) is 0.639. The predicted molar refractivity (Wildman–Crippen MR) is 102 cm³/mol. The van der Waals surface area contributed by atoms with Gasteiger partial charge in [0, 0.05) is 30.3 Å². The highest BCUT2D eigenvalue weighted by atomic mass is 19.2. The van der Waals surface area contributed by atoms with Crippen molar-refractivity contribution in [3.05, 3.63) is 60.0 Å². The summed E-state index contributed by atoms with van der Waals surface area (Å²) in [5.74, 6) is -0.991. The topological polar surface area (TPSA) is 68.5 Å². The average Bonchev–Trinajstić information content (AvgIpc) is 3.31. The summed E-state index contributed by atoms with van der Waals surface area (Å²) >= 11 is 0. The Bertz CT molecular complexity index is 1030. The molecule has 8 heteroatoms. The number of aromatic nitrogens is 2. The van der Waals surface area contributed by atoms with Crippen LogP contribution in [0.15, 0.2) is 47.0 Å². The molecule has 0 radical (unpaired) electrons. The summed E-state index contributed by atoms with van der Waals surface area (Å²) < 4.78 is 37.6. The molecule has 2 aromatic carbocycles. The lowest BCUT2D eigenvalue weighted by molar-refractivity contribution is -0.117. The number of carbonyl (C=O) groups excluding carboxylic acids is 1. The predicted octanol–water partition coefficient (Wildman–Crippen LogP) is 4.32. The van der Waals surface area contributed by atoms with Crippen molar-refractivity contribution < 1.29 is 22.8 Å². The van der Waals surface area contributed by atoms with E-state index in [9.17, 15) is 13.6 Å². The third kappa shape index (κ3) is 3.96. The number of nitrogens with zero attached hydrogens (tertiary/aromatic N) is 3. The van der Waals surface area contributed by atoms with Crippen LogP contribution < -0.4 is 9.64 Å². The molecule has 150 valence electrons. The average molecular weight is 399 g/mol. The molecule has 1 aliphatic heterocycles. The number of anilines is 1. The molecule has 1 aliphatic rings. The highest BCUT2D eigenvalue weighted by Crippen LogP contribution is 2.32. The van der Waals surface area contributed by atoms with Gasteiger partial charge in [0.15, 0.2) is 11.6 Å². The summed E-state index contributed by atoms with van der Waals surface area (Å²) in [5.41, 5.74) is 1.06. The summed E-state index contributed by atoms with van der Waals surface area (Å²) in [6.45, 7) is 4.16. The minimum Gasteiger partial charge on any atom is -0.491 e. The molecule has 4 rings (SSSR count). The van der Waals surface area contributed by atoms with Crippen LogP contribution in [0.4, 0.5) is 14.5 Å². The minimum atomic E-state index is -0.997. The van der Waals surface area contributed by atoms with Crippen LogP contribution in [0.25, 0.3) is 11.4 Å². The minimum absolute atomic E-state index is 0.0788. The van der Waals surface area contributed by atoms with Crippen molar-refractivity contribution >= 4 is 11.6 Å². The van der Waals surface area contributed by atoms with Crippen molar-refractivity contribution in [3.8, 4) is 17.1 Å². The number of hydrogen-bond acceptors (Lipinski definition) is 5. The Balaban J connectivity index is 1.49. The summed E-state index contributed by atoms with van der Waals surface area (Å²) in [6, 6.07) is 10.7. The Morgan fingerprint density at radius 2 is 1.90 bits per heavy atom. The monoisotopic (exact) mass is 399 g/mol. The van der Waals surface area contributed by atoms with Crippen molar-refractivity contribution in [2.24, 2.45) is 0 Å². The van der Waals surface area contributed by atoms with Crippen molar-refractivity contribution in [2.45, 2.75) is 32.3 Å². The van der Waals surface area contributed by atoms with Crippen LogP contribution in [-0.4, -0.2) is 28.7 Å². The molecule has 0 aliphatic carbocycles. The largest absolute Gasteiger partial charge is 0.491 e. The first kappa shape index (κ1) is 19.0. The second kappa shape index (κ2) is 7.62. The molecule has 1 amide bonds. The third-order valence-electron chi connectivity index (χ3n) is 4.62. The lowest BCUT2D eigenvalue weighted by Gasteiger charge is -2.16. The molecule has 0 N–H and O–H groups in total. The van der Waals surface area contributed by atoms with Gasteiger partial charge in [-0.25, -0.2) is 8.78 Å². The van der Waals surface area contributed by atoms with Gasteiger partial charge in [-0.15, -0.1) is 0 Å². The van der Waals surface area contributed by atoms with E-state index in [2.05, 4.69) is 10.1 Å². The number of rotatable bonds is 5. The van der Waals surface area contributed by atoms with Gasteiger partial charge in [0.25, 0.3) is 0 Å². The summed E-state index contributed by atoms with van der Waals surface area (Å²) in [6.07, 6.45) is 0.233. The van der Waals surface area contributed by atoms with E-state index in [1.54, 1.807) is 0 Å². The highest BCUT2D eigenvalue weighted by molar-refractivity contribution is 5.96. The molecule has 1 unspecified atom stereocenters.